The Hall–Kier alpha value is -2.47. The fraction of sp³-hybridized carbons (Fsp3) is 0.0667. The molecule has 5 nitrogen and oxygen atoms in total. The van der Waals surface area contributed by atoms with Crippen molar-refractivity contribution in [2.45, 2.75) is 5.03 Å². The summed E-state index contributed by atoms with van der Waals surface area (Å²) in [6.07, 6.45) is 1.83. The number of benzene rings is 2. The molecule has 106 valence electrons. The van der Waals surface area contributed by atoms with E-state index in [4.69, 9.17) is 11.5 Å². The summed E-state index contributed by atoms with van der Waals surface area (Å²) < 4.78 is 1.58. The Bertz CT molecular complexity index is 836. The molecule has 1 heterocycles. The highest BCUT2D eigenvalue weighted by molar-refractivity contribution is 7.98. The average molecular weight is 298 g/mol. The summed E-state index contributed by atoms with van der Waals surface area (Å²) in [5.41, 5.74) is 12.6. The molecule has 0 atom stereocenters. The van der Waals surface area contributed by atoms with E-state index in [1.165, 1.54) is 11.8 Å². The Morgan fingerprint density at radius 2 is 1.90 bits per heavy atom. The first-order valence-corrected chi connectivity index (χ1v) is 7.56. The van der Waals surface area contributed by atoms with Crippen molar-refractivity contribution in [1.29, 1.82) is 0 Å². The first-order chi connectivity index (χ1) is 10.1. The van der Waals surface area contributed by atoms with Crippen LogP contribution in [0.15, 0.2) is 47.5 Å². The number of carbonyl (C=O) groups excluding carboxylic acids is 1. The highest BCUT2D eigenvalue weighted by Crippen LogP contribution is 2.30. The molecule has 4 N–H and O–H groups in total. The number of nitrogen functional groups attached to an aromatic ring is 1. The van der Waals surface area contributed by atoms with E-state index in [2.05, 4.69) is 5.10 Å². The van der Waals surface area contributed by atoms with Crippen LogP contribution >= 0.6 is 11.8 Å². The normalized spacial score (nSPS) is 10.9. The van der Waals surface area contributed by atoms with Crippen LogP contribution in [0.5, 0.6) is 0 Å². The lowest BCUT2D eigenvalue weighted by Crippen LogP contribution is -2.14. The average Bonchev–Trinajstić information content (AvgIpc) is 2.83. The molecule has 2 aromatic carbocycles. The summed E-state index contributed by atoms with van der Waals surface area (Å²) >= 11 is 1.35. The lowest BCUT2D eigenvalue weighted by molar-refractivity contribution is 0.0998. The molecule has 6 heteroatoms. The van der Waals surface area contributed by atoms with Gasteiger partial charge in [-0.25, -0.2) is 4.68 Å². The van der Waals surface area contributed by atoms with Crippen molar-refractivity contribution in [2.75, 3.05) is 12.0 Å². The lowest BCUT2D eigenvalue weighted by Gasteiger charge is -2.08. The number of amides is 1. The van der Waals surface area contributed by atoms with E-state index in [0.29, 0.717) is 5.03 Å². The van der Waals surface area contributed by atoms with Crippen LogP contribution in [-0.2, 0) is 0 Å². The van der Waals surface area contributed by atoms with Crippen LogP contribution in [0.25, 0.3) is 16.5 Å². The van der Waals surface area contributed by atoms with Gasteiger partial charge in [0.25, 0.3) is 5.91 Å². The number of fused-ring (bicyclic) bond motifs is 1. The van der Waals surface area contributed by atoms with Crippen LogP contribution in [-0.4, -0.2) is 21.9 Å². The van der Waals surface area contributed by atoms with E-state index in [0.717, 1.165) is 16.5 Å². The van der Waals surface area contributed by atoms with Crippen molar-refractivity contribution >= 4 is 34.3 Å². The van der Waals surface area contributed by atoms with Gasteiger partial charge in [-0.3, -0.25) is 4.79 Å². The van der Waals surface area contributed by atoms with Crippen molar-refractivity contribution in [2.24, 2.45) is 5.73 Å². The lowest BCUT2D eigenvalue weighted by atomic mass is 10.1. The molecule has 0 fully saturated rings. The molecule has 0 saturated carbocycles. The van der Waals surface area contributed by atoms with E-state index in [-0.39, 0.29) is 11.4 Å². The third kappa shape index (κ3) is 2.13. The highest BCUT2D eigenvalue weighted by atomic mass is 32.2. The molecule has 1 amide bonds. The zero-order valence-corrected chi connectivity index (χ0v) is 12.2. The maximum absolute atomic E-state index is 11.6. The van der Waals surface area contributed by atoms with Crippen molar-refractivity contribution in [3.63, 3.8) is 0 Å². The van der Waals surface area contributed by atoms with Gasteiger partial charge in [0.2, 0.25) is 0 Å². The molecule has 3 rings (SSSR count). The molecule has 21 heavy (non-hydrogen) atoms. The second-order valence-corrected chi connectivity index (χ2v) is 5.34. The zero-order chi connectivity index (χ0) is 15.0. The molecule has 0 bridgehead atoms. The minimum absolute atomic E-state index is 0.267. The molecule has 0 radical (unpaired) electrons. The fourth-order valence-electron chi connectivity index (χ4n) is 2.36. The number of nitrogens with two attached hydrogens (primary N) is 2. The SMILES string of the molecule is CSc1nn(-c2cccc3ccccc23)c(N)c1C(N)=O. The number of thioether (sulfide) groups is 1. The van der Waals surface area contributed by atoms with Gasteiger partial charge >= 0.3 is 0 Å². The number of aromatic nitrogens is 2. The standard InChI is InChI=1S/C15H14N4OS/c1-21-15-12(14(17)20)13(16)19(18-15)11-8-4-6-9-5-2-3-7-10(9)11/h2-8H,16H2,1H3,(H2,17,20). The van der Waals surface area contributed by atoms with Gasteiger partial charge < -0.3 is 11.5 Å². The van der Waals surface area contributed by atoms with Crippen LogP contribution < -0.4 is 11.5 Å². The Morgan fingerprint density at radius 1 is 1.19 bits per heavy atom. The van der Waals surface area contributed by atoms with Crippen LogP contribution in [0, 0.1) is 0 Å². The van der Waals surface area contributed by atoms with Gasteiger partial charge in [0.05, 0.1) is 5.69 Å². The van der Waals surface area contributed by atoms with Crippen molar-refractivity contribution in [3.8, 4) is 5.69 Å². The van der Waals surface area contributed by atoms with Crippen LogP contribution in [0.3, 0.4) is 0 Å². The third-order valence-electron chi connectivity index (χ3n) is 3.32. The molecule has 0 aliphatic heterocycles. The summed E-state index contributed by atoms with van der Waals surface area (Å²) in [7, 11) is 0. The molecule has 1 aromatic heterocycles. The van der Waals surface area contributed by atoms with Gasteiger partial charge in [-0.15, -0.1) is 11.8 Å². The van der Waals surface area contributed by atoms with Gasteiger partial charge in [0.1, 0.15) is 16.4 Å². The van der Waals surface area contributed by atoms with Crippen LogP contribution in [0.4, 0.5) is 5.82 Å². The Balaban J connectivity index is 2.31. The maximum Gasteiger partial charge on any atom is 0.255 e. The second kappa shape index (κ2) is 5.14. The number of anilines is 1. The molecule has 0 spiro atoms. The van der Waals surface area contributed by atoms with Gasteiger partial charge in [0.15, 0.2) is 0 Å². The van der Waals surface area contributed by atoms with Gasteiger partial charge in [-0.2, -0.15) is 5.10 Å². The minimum Gasteiger partial charge on any atom is -0.383 e. The van der Waals surface area contributed by atoms with E-state index >= 15 is 0 Å². The first kappa shape index (κ1) is 13.5. The number of carbonyl (C=O) groups is 1. The molecule has 0 aliphatic rings. The largest absolute Gasteiger partial charge is 0.383 e. The summed E-state index contributed by atoms with van der Waals surface area (Å²) in [6, 6.07) is 13.8. The maximum atomic E-state index is 11.6. The van der Waals surface area contributed by atoms with E-state index in [9.17, 15) is 4.79 Å². The zero-order valence-electron chi connectivity index (χ0n) is 11.4. The predicted octanol–water partition coefficient (Wildman–Crippen LogP) is 2.43. The van der Waals surface area contributed by atoms with Gasteiger partial charge in [-0.05, 0) is 17.7 Å². The van der Waals surface area contributed by atoms with E-state index in [1.54, 1.807) is 4.68 Å². The summed E-state index contributed by atoms with van der Waals surface area (Å²) in [6.45, 7) is 0. The molecule has 0 saturated heterocycles. The van der Waals surface area contributed by atoms with Crippen LogP contribution in [0.2, 0.25) is 0 Å². The Labute approximate surface area is 125 Å². The number of hydrogen-bond acceptors (Lipinski definition) is 4. The third-order valence-corrected chi connectivity index (χ3v) is 4.00. The van der Waals surface area contributed by atoms with Gasteiger partial charge in [0, 0.05) is 5.39 Å². The predicted molar refractivity (Wildman–Crippen MR) is 85.8 cm³/mol. The summed E-state index contributed by atoms with van der Waals surface area (Å²) in [4.78, 5) is 11.6. The number of hydrogen-bond donors (Lipinski definition) is 2. The fourth-order valence-corrected chi connectivity index (χ4v) is 2.93. The van der Waals surface area contributed by atoms with Crippen molar-refractivity contribution < 1.29 is 4.79 Å². The quantitative estimate of drug-likeness (QED) is 0.727. The monoisotopic (exact) mass is 298 g/mol. The molecular weight excluding hydrogens is 284 g/mol. The van der Waals surface area contributed by atoms with Crippen LogP contribution in [0.1, 0.15) is 10.4 Å². The smallest absolute Gasteiger partial charge is 0.255 e. The second-order valence-electron chi connectivity index (χ2n) is 4.54. The number of rotatable bonds is 3. The minimum atomic E-state index is -0.566. The Morgan fingerprint density at radius 3 is 2.57 bits per heavy atom. The first-order valence-electron chi connectivity index (χ1n) is 6.34. The van der Waals surface area contributed by atoms with Gasteiger partial charge in [-0.1, -0.05) is 36.4 Å². The Kier molecular flexibility index (Phi) is 3.31. The topological polar surface area (TPSA) is 86.9 Å². The van der Waals surface area contributed by atoms with E-state index in [1.807, 2.05) is 48.7 Å². The van der Waals surface area contributed by atoms with Crippen molar-refractivity contribution in [1.82, 2.24) is 9.78 Å². The number of nitrogens with zero attached hydrogens (tertiary/aromatic N) is 2. The summed E-state index contributed by atoms with van der Waals surface area (Å²) in [5, 5.41) is 7.05. The molecule has 0 unspecified atom stereocenters. The molecular formula is C15H14N4OS. The highest BCUT2D eigenvalue weighted by Gasteiger charge is 2.21. The summed E-state index contributed by atoms with van der Waals surface area (Å²) in [5.74, 6) is -0.300. The molecule has 0 aliphatic carbocycles. The van der Waals surface area contributed by atoms with E-state index < -0.39 is 5.91 Å². The van der Waals surface area contributed by atoms with Crippen molar-refractivity contribution in [3.05, 3.63) is 48.0 Å². The molecule has 3 aromatic rings. The number of primary amides is 1.